The molecule has 1 aliphatic rings. The highest BCUT2D eigenvalue weighted by Gasteiger charge is 2.12. The van der Waals surface area contributed by atoms with Gasteiger partial charge in [-0.25, -0.2) is 4.39 Å². The quantitative estimate of drug-likeness (QED) is 0.803. The van der Waals surface area contributed by atoms with Crippen molar-refractivity contribution in [2.45, 2.75) is 25.7 Å². The fourth-order valence-electron chi connectivity index (χ4n) is 2.19. The zero-order chi connectivity index (χ0) is 10.5. The van der Waals surface area contributed by atoms with Gasteiger partial charge in [0, 0.05) is 0 Å². The van der Waals surface area contributed by atoms with E-state index < -0.39 is 0 Å². The summed E-state index contributed by atoms with van der Waals surface area (Å²) >= 11 is 0. The van der Waals surface area contributed by atoms with Crippen molar-refractivity contribution in [2.24, 2.45) is 5.92 Å². The van der Waals surface area contributed by atoms with E-state index in [9.17, 15) is 4.39 Å². The van der Waals surface area contributed by atoms with E-state index in [4.69, 9.17) is 0 Å². The van der Waals surface area contributed by atoms with Gasteiger partial charge in [0.15, 0.2) is 0 Å². The molecule has 0 aliphatic carbocycles. The highest BCUT2D eigenvalue weighted by molar-refractivity contribution is 5.16. The summed E-state index contributed by atoms with van der Waals surface area (Å²) in [6.45, 7) is 2.33. The van der Waals surface area contributed by atoms with Gasteiger partial charge in [-0.15, -0.1) is 0 Å². The molecule has 1 N–H and O–H groups in total. The van der Waals surface area contributed by atoms with Crippen LogP contribution in [-0.2, 0) is 6.42 Å². The molecule has 1 nitrogen and oxygen atoms in total. The zero-order valence-corrected chi connectivity index (χ0v) is 9.01. The molecular formula is C13H18FN. The molecule has 2 rings (SSSR count). The van der Waals surface area contributed by atoms with Crippen molar-refractivity contribution < 1.29 is 4.39 Å². The molecule has 15 heavy (non-hydrogen) atoms. The van der Waals surface area contributed by atoms with Crippen LogP contribution in [0, 0.1) is 11.7 Å². The molecule has 0 radical (unpaired) electrons. The van der Waals surface area contributed by atoms with Crippen LogP contribution in [-0.4, -0.2) is 13.1 Å². The predicted molar refractivity (Wildman–Crippen MR) is 60.3 cm³/mol. The second-order valence-electron chi connectivity index (χ2n) is 4.38. The number of nitrogens with one attached hydrogen (secondary N) is 1. The monoisotopic (exact) mass is 207 g/mol. The zero-order valence-electron chi connectivity index (χ0n) is 9.01. The average Bonchev–Trinajstić information content (AvgIpc) is 2.30. The maximum Gasteiger partial charge on any atom is 0.123 e. The molecule has 1 saturated heterocycles. The van der Waals surface area contributed by atoms with Gasteiger partial charge in [-0.3, -0.25) is 0 Å². The van der Waals surface area contributed by atoms with E-state index in [-0.39, 0.29) is 5.82 Å². The van der Waals surface area contributed by atoms with E-state index in [2.05, 4.69) is 5.32 Å². The number of hydrogen-bond donors (Lipinski definition) is 1. The van der Waals surface area contributed by atoms with E-state index in [0.29, 0.717) is 0 Å². The van der Waals surface area contributed by atoms with E-state index in [0.717, 1.165) is 18.9 Å². The Balaban J connectivity index is 1.79. The van der Waals surface area contributed by atoms with E-state index in [1.807, 2.05) is 12.1 Å². The van der Waals surface area contributed by atoms with Crippen molar-refractivity contribution in [3.05, 3.63) is 35.6 Å². The molecule has 82 valence electrons. The molecule has 1 aliphatic heterocycles. The molecule has 0 spiro atoms. The van der Waals surface area contributed by atoms with Crippen LogP contribution in [0.3, 0.4) is 0 Å². The molecule has 1 atom stereocenters. The SMILES string of the molecule is Fc1ccc(CC[C@@H]2CCCNC2)cc1. The summed E-state index contributed by atoms with van der Waals surface area (Å²) in [5.41, 5.74) is 1.25. The third-order valence-corrected chi connectivity index (χ3v) is 3.15. The fourth-order valence-corrected chi connectivity index (χ4v) is 2.19. The van der Waals surface area contributed by atoms with Crippen LogP contribution in [0.25, 0.3) is 0 Å². The molecule has 1 aromatic rings. The van der Waals surface area contributed by atoms with Gasteiger partial charge in [0.25, 0.3) is 0 Å². The summed E-state index contributed by atoms with van der Waals surface area (Å²) in [6, 6.07) is 6.89. The molecule has 1 aromatic carbocycles. The number of benzene rings is 1. The van der Waals surface area contributed by atoms with Gasteiger partial charge in [-0.1, -0.05) is 12.1 Å². The Labute approximate surface area is 90.7 Å². The number of halogens is 1. The smallest absolute Gasteiger partial charge is 0.123 e. The summed E-state index contributed by atoms with van der Waals surface area (Å²) in [7, 11) is 0. The third kappa shape index (κ3) is 3.31. The van der Waals surface area contributed by atoms with Crippen LogP contribution in [0.4, 0.5) is 4.39 Å². The van der Waals surface area contributed by atoms with Gasteiger partial charge in [-0.05, 0) is 62.4 Å². The topological polar surface area (TPSA) is 12.0 Å². The average molecular weight is 207 g/mol. The van der Waals surface area contributed by atoms with Gasteiger partial charge in [0.2, 0.25) is 0 Å². The lowest BCUT2D eigenvalue weighted by Crippen LogP contribution is -2.29. The van der Waals surface area contributed by atoms with Crippen molar-refractivity contribution >= 4 is 0 Å². The minimum absolute atomic E-state index is 0.141. The molecule has 0 aromatic heterocycles. The second kappa shape index (κ2) is 5.26. The van der Waals surface area contributed by atoms with Gasteiger partial charge < -0.3 is 5.32 Å². The first kappa shape index (κ1) is 10.6. The van der Waals surface area contributed by atoms with Crippen molar-refractivity contribution in [2.75, 3.05) is 13.1 Å². The molecule has 0 saturated carbocycles. The Morgan fingerprint density at radius 2 is 2.07 bits per heavy atom. The minimum Gasteiger partial charge on any atom is -0.316 e. The summed E-state index contributed by atoms with van der Waals surface area (Å²) in [4.78, 5) is 0. The van der Waals surface area contributed by atoms with Crippen molar-refractivity contribution in [3.63, 3.8) is 0 Å². The van der Waals surface area contributed by atoms with Crippen LogP contribution in [0.5, 0.6) is 0 Å². The summed E-state index contributed by atoms with van der Waals surface area (Å²) < 4.78 is 12.7. The van der Waals surface area contributed by atoms with Gasteiger partial charge in [-0.2, -0.15) is 0 Å². The highest BCUT2D eigenvalue weighted by atomic mass is 19.1. The normalized spacial score (nSPS) is 21.5. The molecule has 1 heterocycles. The minimum atomic E-state index is -0.141. The molecule has 0 amide bonds. The van der Waals surface area contributed by atoms with E-state index in [1.165, 1.54) is 31.4 Å². The fraction of sp³-hybridized carbons (Fsp3) is 0.538. The number of aryl methyl sites for hydroxylation is 1. The number of hydrogen-bond acceptors (Lipinski definition) is 1. The third-order valence-electron chi connectivity index (χ3n) is 3.15. The van der Waals surface area contributed by atoms with Crippen molar-refractivity contribution in [3.8, 4) is 0 Å². The Kier molecular flexibility index (Phi) is 3.73. The first-order valence-electron chi connectivity index (χ1n) is 5.80. The number of piperidine rings is 1. The first-order chi connectivity index (χ1) is 7.34. The van der Waals surface area contributed by atoms with Crippen molar-refractivity contribution in [1.82, 2.24) is 5.32 Å². The lowest BCUT2D eigenvalue weighted by molar-refractivity contribution is 0.358. The maximum absolute atomic E-state index is 12.7. The lowest BCUT2D eigenvalue weighted by atomic mass is 9.93. The van der Waals surface area contributed by atoms with Crippen LogP contribution in [0.15, 0.2) is 24.3 Å². The summed E-state index contributed by atoms with van der Waals surface area (Å²) in [5, 5.41) is 3.42. The van der Waals surface area contributed by atoms with Crippen molar-refractivity contribution in [1.29, 1.82) is 0 Å². The first-order valence-corrected chi connectivity index (χ1v) is 5.80. The maximum atomic E-state index is 12.7. The molecule has 0 unspecified atom stereocenters. The largest absolute Gasteiger partial charge is 0.316 e. The van der Waals surface area contributed by atoms with E-state index >= 15 is 0 Å². The number of rotatable bonds is 3. The van der Waals surface area contributed by atoms with Gasteiger partial charge in [0.1, 0.15) is 5.82 Å². The molecule has 2 heteroatoms. The lowest BCUT2D eigenvalue weighted by Gasteiger charge is -2.22. The Morgan fingerprint density at radius 1 is 1.27 bits per heavy atom. The van der Waals surface area contributed by atoms with Crippen LogP contribution in [0.2, 0.25) is 0 Å². The standard InChI is InChI=1S/C13H18FN/c14-13-7-5-11(6-8-13)3-4-12-2-1-9-15-10-12/h5-8,12,15H,1-4,9-10H2/t12-/m0/s1. The van der Waals surface area contributed by atoms with Gasteiger partial charge in [0.05, 0.1) is 0 Å². The summed E-state index contributed by atoms with van der Waals surface area (Å²) in [6.07, 6.45) is 4.94. The Morgan fingerprint density at radius 3 is 2.73 bits per heavy atom. The second-order valence-corrected chi connectivity index (χ2v) is 4.38. The molecule has 1 fully saturated rings. The molecule has 0 bridgehead atoms. The Hall–Kier alpha value is -0.890. The predicted octanol–water partition coefficient (Wildman–Crippen LogP) is 2.76. The molecular weight excluding hydrogens is 189 g/mol. The van der Waals surface area contributed by atoms with Gasteiger partial charge >= 0.3 is 0 Å². The van der Waals surface area contributed by atoms with Crippen LogP contribution < -0.4 is 5.32 Å². The van der Waals surface area contributed by atoms with E-state index in [1.54, 1.807) is 12.1 Å². The van der Waals surface area contributed by atoms with Crippen LogP contribution >= 0.6 is 0 Å². The highest BCUT2D eigenvalue weighted by Crippen LogP contribution is 2.17. The Bertz CT molecular complexity index is 288. The van der Waals surface area contributed by atoms with Crippen LogP contribution in [0.1, 0.15) is 24.8 Å². The summed E-state index contributed by atoms with van der Waals surface area (Å²) in [5.74, 6) is 0.668.